The van der Waals surface area contributed by atoms with Gasteiger partial charge in [0.25, 0.3) is 0 Å². The van der Waals surface area contributed by atoms with Gasteiger partial charge in [0.15, 0.2) is 0 Å². The van der Waals surface area contributed by atoms with Crippen molar-refractivity contribution in [2.75, 3.05) is 0 Å². The van der Waals surface area contributed by atoms with Crippen LogP contribution in [0.25, 0.3) is 0 Å². The van der Waals surface area contributed by atoms with Gasteiger partial charge in [0.2, 0.25) is 0 Å². The lowest BCUT2D eigenvalue weighted by Crippen LogP contribution is -2.04. The first-order valence-electron chi connectivity index (χ1n) is 5.30. The highest BCUT2D eigenvalue weighted by Gasteiger charge is 2.36. The molecule has 1 aromatic rings. The molecule has 1 aromatic carbocycles. The zero-order valence-electron chi connectivity index (χ0n) is 8.06. The van der Waals surface area contributed by atoms with Gasteiger partial charge in [0.1, 0.15) is 5.75 Å². The van der Waals surface area contributed by atoms with E-state index in [4.69, 9.17) is 0 Å². The van der Waals surface area contributed by atoms with Crippen LogP contribution in [-0.2, 0) is 0 Å². The summed E-state index contributed by atoms with van der Waals surface area (Å²) in [5.41, 5.74) is 1.31. The average molecular weight is 186 g/mol. The van der Waals surface area contributed by atoms with Gasteiger partial charge < -0.3 is 5.11 Å². The van der Waals surface area contributed by atoms with Gasteiger partial charge >= 0.3 is 0 Å². The fraction of sp³-hybridized carbons (Fsp3) is 0.385. The fourth-order valence-corrected chi connectivity index (χ4v) is 2.92. The predicted octanol–water partition coefficient (Wildman–Crippen LogP) is 3.07. The predicted molar refractivity (Wildman–Crippen MR) is 56.2 cm³/mol. The van der Waals surface area contributed by atoms with Crippen molar-refractivity contribution in [3.8, 4) is 5.75 Å². The third-order valence-corrected chi connectivity index (χ3v) is 3.58. The molecule has 1 saturated carbocycles. The Kier molecular flexibility index (Phi) is 1.66. The van der Waals surface area contributed by atoms with E-state index < -0.39 is 0 Å². The topological polar surface area (TPSA) is 20.2 Å². The lowest BCUT2D eigenvalue weighted by atomic mass is 9.87. The van der Waals surface area contributed by atoms with Gasteiger partial charge in [-0.25, -0.2) is 0 Å². The molecule has 0 amide bonds. The second-order valence-electron chi connectivity index (χ2n) is 4.48. The Balaban J connectivity index is 1.93. The summed E-state index contributed by atoms with van der Waals surface area (Å²) in [6.45, 7) is 0. The van der Waals surface area contributed by atoms with Crippen LogP contribution in [0.2, 0.25) is 0 Å². The third kappa shape index (κ3) is 1.16. The van der Waals surface area contributed by atoms with E-state index >= 15 is 0 Å². The summed E-state index contributed by atoms with van der Waals surface area (Å²) in [4.78, 5) is 0. The molecule has 1 fully saturated rings. The maximum absolute atomic E-state index is 9.43. The normalized spacial score (nSPS) is 33.9. The number of rotatable bonds is 1. The molecule has 1 nitrogen and oxygen atoms in total. The summed E-state index contributed by atoms with van der Waals surface area (Å²) in [6, 6.07) is 7.74. The summed E-state index contributed by atoms with van der Waals surface area (Å²) >= 11 is 0. The largest absolute Gasteiger partial charge is 0.508 e. The van der Waals surface area contributed by atoms with E-state index in [-0.39, 0.29) is 0 Å². The van der Waals surface area contributed by atoms with Crippen LogP contribution in [0, 0.1) is 11.8 Å². The molecule has 0 heterocycles. The van der Waals surface area contributed by atoms with E-state index in [2.05, 4.69) is 18.2 Å². The van der Waals surface area contributed by atoms with Crippen molar-refractivity contribution < 1.29 is 5.11 Å². The molecule has 0 saturated heterocycles. The molecule has 1 N–H and O–H groups in total. The fourth-order valence-electron chi connectivity index (χ4n) is 2.92. The molecule has 0 aromatic heterocycles. The van der Waals surface area contributed by atoms with E-state index in [1.165, 1.54) is 18.4 Å². The molecule has 3 rings (SSSR count). The third-order valence-electron chi connectivity index (χ3n) is 3.58. The molecule has 2 aliphatic carbocycles. The molecule has 0 radical (unpaired) electrons. The molecule has 0 aliphatic heterocycles. The van der Waals surface area contributed by atoms with E-state index in [0.717, 1.165) is 11.8 Å². The van der Waals surface area contributed by atoms with Gasteiger partial charge in [-0.15, -0.1) is 0 Å². The second-order valence-corrected chi connectivity index (χ2v) is 4.48. The van der Waals surface area contributed by atoms with Crippen LogP contribution in [0.4, 0.5) is 0 Å². The Hall–Kier alpha value is -1.24. The summed E-state index contributed by atoms with van der Waals surface area (Å²) in [5.74, 6) is 2.57. The highest BCUT2D eigenvalue weighted by atomic mass is 16.3. The monoisotopic (exact) mass is 186 g/mol. The molecular formula is C13H14O. The Bertz CT molecular complexity index is 381. The van der Waals surface area contributed by atoms with Crippen LogP contribution < -0.4 is 0 Å². The van der Waals surface area contributed by atoms with Crippen molar-refractivity contribution >= 4 is 0 Å². The molecule has 2 bridgehead atoms. The van der Waals surface area contributed by atoms with Crippen LogP contribution in [0.3, 0.4) is 0 Å². The Morgan fingerprint density at radius 2 is 2.07 bits per heavy atom. The van der Waals surface area contributed by atoms with Crippen molar-refractivity contribution in [1.82, 2.24) is 0 Å². The van der Waals surface area contributed by atoms with E-state index in [0.29, 0.717) is 11.7 Å². The standard InChI is InChI=1S/C13H14O/c14-12-3-1-2-10(8-12)13-7-9-4-5-11(13)6-9/h1-5,8-9,11,13-14H,6-7H2. The molecule has 14 heavy (non-hydrogen) atoms. The molecular weight excluding hydrogens is 172 g/mol. The van der Waals surface area contributed by atoms with Gasteiger partial charge in [0, 0.05) is 0 Å². The van der Waals surface area contributed by atoms with Crippen molar-refractivity contribution in [2.24, 2.45) is 11.8 Å². The number of hydrogen-bond donors (Lipinski definition) is 1. The number of allylic oxidation sites excluding steroid dienone is 2. The molecule has 2 aliphatic rings. The molecule has 0 spiro atoms. The second kappa shape index (κ2) is 2.88. The minimum atomic E-state index is 0.397. The zero-order valence-corrected chi connectivity index (χ0v) is 8.06. The highest BCUT2D eigenvalue weighted by molar-refractivity contribution is 5.33. The van der Waals surface area contributed by atoms with E-state index in [1.54, 1.807) is 6.07 Å². The number of hydrogen-bond acceptors (Lipinski definition) is 1. The van der Waals surface area contributed by atoms with E-state index in [1.807, 2.05) is 12.1 Å². The van der Waals surface area contributed by atoms with Crippen molar-refractivity contribution in [3.63, 3.8) is 0 Å². The molecule has 3 unspecified atom stereocenters. The smallest absolute Gasteiger partial charge is 0.115 e. The van der Waals surface area contributed by atoms with E-state index in [9.17, 15) is 5.11 Å². The van der Waals surface area contributed by atoms with Gasteiger partial charge in [0.05, 0.1) is 0 Å². The Morgan fingerprint density at radius 3 is 2.71 bits per heavy atom. The number of aromatic hydroxyl groups is 1. The highest BCUT2D eigenvalue weighted by Crippen LogP contribution is 2.48. The van der Waals surface area contributed by atoms with Crippen molar-refractivity contribution in [3.05, 3.63) is 42.0 Å². The molecule has 72 valence electrons. The number of benzene rings is 1. The quantitative estimate of drug-likeness (QED) is 0.668. The number of phenols is 1. The minimum Gasteiger partial charge on any atom is -0.508 e. The van der Waals surface area contributed by atoms with Crippen LogP contribution in [0.15, 0.2) is 36.4 Å². The van der Waals surface area contributed by atoms with Crippen molar-refractivity contribution in [2.45, 2.75) is 18.8 Å². The Labute approximate surface area is 84.1 Å². The summed E-state index contributed by atoms with van der Waals surface area (Å²) in [7, 11) is 0. The maximum Gasteiger partial charge on any atom is 0.115 e. The Morgan fingerprint density at radius 1 is 1.14 bits per heavy atom. The zero-order chi connectivity index (χ0) is 9.54. The molecule has 1 heteroatoms. The number of phenolic OH excluding ortho intramolecular Hbond substituents is 1. The molecule has 3 atom stereocenters. The summed E-state index contributed by atoms with van der Waals surface area (Å²) in [5, 5.41) is 9.43. The van der Waals surface area contributed by atoms with Gasteiger partial charge in [-0.1, -0.05) is 24.3 Å². The van der Waals surface area contributed by atoms with Gasteiger partial charge in [-0.2, -0.15) is 0 Å². The summed E-state index contributed by atoms with van der Waals surface area (Å²) < 4.78 is 0. The first-order valence-corrected chi connectivity index (χ1v) is 5.30. The average Bonchev–Trinajstić information content (AvgIpc) is 2.78. The van der Waals surface area contributed by atoms with Gasteiger partial charge in [-0.05, 0) is 48.3 Å². The first-order chi connectivity index (χ1) is 6.83. The first kappa shape index (κ1) is 8.10. The van der Waals surface area contributed by atoms with Gasteiger partial charge in [-0.3, -0.25) is 0 Å². The minimum absolute atomic E-state index is 0.397. The van der Waals surface area contributed by atoms with Crippen LogP contribution in [0.5, 0.6) is 5.75 Å². The van der Waals surface area contributed by atoms with Crippen LogP contribution >= 0.6 is 0 Å². The lowest BCUT2D eigenvalue weighted by Gasteiger charge is -2.18. The summed E-state index contributed by atoms with van der Waals surface area (Å²) in [6.07, 6.45) is 7.29. The SMILES string of the molecule is Oc1cccc(C2CC3C=CC2C3)c1. The van der Waals surface area contributed by atoms with Crippen molar-refractivity contribution in [1.29, 1.82) is 0 Å². The lowest BCUT2D eigenvalue weighted by molar-refractivity contribution is 0.472. The number of fused-ring (bicyclic) bond motifs is 2. The van der Waals surface area contributed by atoms with Crippen LogP contribution in [-0.4, -0.2) is 5.11 Å². The maximum atomic E-state index is 9.43. The van der Waals surface area contributed by atoms with Crippen LogP contribution in [0.1, 0.15) is 24.3 Å².